The molecule has 2 aromatic rings. The van der Waals surface area contributed by atoms with E-state index in [0.717, 1.165) is 15.9 Å². The number of aliphatic carboxylic acids is 1. The molecule has 2 rings (SSSR count). The average Bonchev–Trinajstić information content (AvgIpc) is 3.12. The van der Waals surface area contributed by atoms with Gasteiger partial charge in [0, 0.05) is 12.4 Å². The minimum atomic E-state index is -1.08. The van der Waals surface area contributed by atoms with Gasteiger partial charge in [0.25, 0.3) is 5.91 Å². The van der Waals surface area contributed by atoms with Gasteiger partial charge < -0.3 is 15.7 Å². The lowest BCUT2D eigenvalue weighted by Crippen LogP contribution is -2.46. The van der Waals surface area contributed by atoms with Crippen LogP contribution in [0.25, 0.3) is 10.2 Å². The predicted octanol–water partition coefficient (Wildman–Crippen LogP) is 2.10. The van der Waals surface area contributed by atoms with Gasteiger partial charge in [0.1, 0.15) is 10.9 Å². The number of nitrogens with one attached hydrogen (secondary N) is 2. The van der Waals surface area contributed by atoms with Gasteiger partial charge in [-0.2, -0.15) is 5.10 Å². The molecule has 1 atom stereocenters. The number of carboxylic acids is 1. The largest absolute Gasteiger partial charge is 0.480 e. The van der Waals surface area contributed by atoms with Crippen LogP contribution in [0.4, 0.5) is 0 Å². The van der Waals surface area contributed by atoms with E-state index >= 15 is 0 Å². The van der Waals surface area contributed by atoms with Crippen LogP contribution in [-0.2, 0) is 16.6 Å². The van der Waals surface area contributed by atoms with E-state index in [0.29, 0.717) is 11.3 Å². The first-order valence-electron chi connectivity index (χ1n) is 8.87. The van der Waals surface area contributed by atoms with E-state index < -0.39 is 17.9 Å². The van der Waals surface area contributed by atoms with Crippen LogP contribution in [0.15, 0.2) is 6.07 Å². The molecule has 3 N–H and O–H groups in total. The number of aromatic nitrogens is 2. The molecule has 0 aliphatic rings. The minimum Gasteiger partial charge on any atom is -0.480 e. The number of amides is 2. The highest BCUT2D eigenvalue weighted by Gasteiger charge is 2.22. The zero-order valence-electron chi connectivity index (χ0n) is 16.2. The van der Waals surface area contributed by atoms with Gasteiger partial charge in [-0.1, -0.05) is 27.7 Å². The summed E-state index contributed by atoms with van der Waals surface area (Å²) in [7, 11) is 1.83. The Morgan fingerprint density at radius 1 is 1.26 bits per heavy atom. The summed E-state index contributed by atoms with van der Waals surface area (Å²) >= 11 is 1.31. The number of aryl methyl sites for hydroxylation is 1. The average molecular weight is 394 g/mol. The quantitative estimate of drug-likeness (QED) is 0.635. The van der Waals surface area contributed by atoms with Crippen LogP contribution in [0.1, 0.15) is 55.4 Å². The van der Waals surface area contributed by atoms with E-state index in [1.165, 1.54) is 11.3 Å². The zero-order chi connectivity index (χ0) is 20.3. The van der Waals surface area contributed by atoms with Crippen LogP contribution in [0.5, 0.6) is 0 Å². The summed E-state index contributed by atoms with van der Waals surface area (Å²) in [6.07, 6.45) is 0.330. The molecule has 0 radical (unpaired) electrons. The monoisotopic (exact) mass is 394 g/mol. The van der Waals surface area contributed by atoms with Crippen molar-refractivity contribution in [1.82, 2.24) is 20.4 Å². The highest BCUT2D eigenvalue weighted by Crippen LogP contribution is 2.31. The number of hydrogen-bond acceptors (Lipinski definition) is 5. The fraction of sp³-hybridized carbons (Fsp3) is 0.556. The van der Waals surface area contributed by atoms with Crippen molar-refractivity contribution in [3.8, 4) is 0 Å². The maximum absolute atomic E-state index is 12.4. The first-order chi connectivity index (χ1) is 12.6. The molecule has 0 spiro atoms. The van der Waals surface area contributed by atoms with Crippen molar-refractivity contribution in [1.29, 1.82) is 0 Å². The third kappa shape index (κ3) is 5.06. The SMILES string of the molecule is CC(C)C[C@H](NC(=O)CNC(=O)c1cc2c(C(C)C)nn(C)c2s1)C(=O)O. The zero-order valence-corrected chi connectivity index (χ0v) is 17.0. The molecule has 27 heavy (non-hydrogen) atoms. The van der Waals surface area contributed by atoms with Crippen molar-refractivity contribution in [2.45, 2.75) is 46.1 Å². The Bertz CT molecular complexity index is 853. The molecule has 0 aromatic carbocycles. The smallest absolute Gasteiger partial charge is 0.326 e. The maximum atomic E-state index is 12.4. The Labute approximate surface area is 161 Å². The van der Waals surface area contributed by atoms with Gasteiger partial charge in [-0.25, -0.2) is 4.79 Å². The standard InChI is InChI=1S/C18H26N4O4S/c1-9(2)6-12(18(25)26)20-14(23)8-19-16(24)13-7-11-15(10(3)4)21-22(5)17(11)27-13/h7,9-10,12H,6,8H2,1-5H3,(H,19,24)(H,20,23)(H,25,26)/t12-/m0/s1. The van der Waals surface area contributed by atoms with Crippen LogP contribution in [0.3, 0.4) is 0 Å². The number of carboxylic acid groups (broad SMARTS) is 1. The van der Waals surface area contributed by atoms with Crippen molar-refractivity contribution in [2.24, 2.45) is 13.0 Å². The van der Waals surface area contributed by atoms with E-state index in [4.69, 9.17) is 0 Å². The molecule has 0 saturated heterocycles. The molecule has 0 bridgehead atoms. The van der Waals surface area contributed by atoms with Crippen LogP contribution in [-0.4, -0.2) is 45.3 Å². The molecular formula is C18H26N4O4S. The molecule has 9 heteroatoms. The predicted molar refractivity (Wildman–Crippen MR) is 104 cm³/mol. The lowest BCUT2D eigenvalue weighted by molar-refractivity contribution is -0.142. The molecule has 0 unspecified atom stereocenters. The van der Waals surface area contributed by atoms with Crippen LogP contribution < -0.4 is 10.6 Å². The molecule has 0 aliphatic carbocycles. The number of thiophene rings is 1. The Kier molecular flexibility index (Phi) is 6.59. The number of fused-ring (bicyclic) bond motifs is 1. The molecule has 148 valence electrons. The Balaban J connectivity index is 2.01. The number of carbonyl (C=O) groups excluding carboxylic acids is 2. The van der Waals surface area contributed by atoms with E-state index in [1.807, 2.05) is 34.7 Å². The van der Waals surface area contributed by atoms with E-state index in [-0.39, 0.29) is 24.3 Å². The second-order valence-electron chi connectivity index (χ2n) is 7.26. The topological polar surface area (TPSA) is 113 Å². The lowest BCUT2D eigenvalue weighted by atomic mass is 10.0. The van der Waals surface area contributed by atoms with Crippen LogP contribution in [0, 0.1) is 5.92 Å². The Hall–Kier alpha value is -2.42. The van der Waals surface area contributed by atoms with Crippen LogP contribution in [0.2, 0.25) is 0 Å². The van der Waals surface area contributed by atoms with Gasteiger partial charge in [0.05, 0.1) is 17.1 Å². The fourth-order valence-corrected chi connectivity index (χ4v) is 3.79. The normalized spacial score (nSPS) is 12.6. The summed E-state index contributed by atoms with van der Waals surface area (Å²) in [5, 5.41) is 19.6. The van der Waals surface area contributed by atoms with Gasteiger partial charge in [-0.15, -0.1) is 11.3 Å². The molecule has 0 fully saturated rings. The van der Waals surface area contributed by atoms with E-state index in [1.54, 1.807) is 10.7 Å². The third-order valence-electron chi connectivity index (χ3n) is 4.06. The number of carbonyl (C=O) groups is 3. The summed E-state index contributed by atoms with van der Waals surface area (Å²) < 4.78 is 1.75. The summed E-state index contributed by atoms with van der Waals surface area (Å²) in [4.78, 5) is 37.0. The summed E-state index contributed by atoms with van der Waals surface area (Å²) in [5.41, 5.74) is 0.929. The van der Waals surface area contributed by atoms with Crippen molar-refractivity contribution >= 4 is 39.3 Å². The maximum Gasteiger partial charge on any atom is 0.326 e. The molecule has 8 nitrogen and oxygen atoms in total. The molecule has 2 aromatic heterocycles. The Morgan fingerprint density at radius 3 is 2.48 bits per heavy atom. The number of hydrogen-bond donors (Lipinski definition) is 3. The Morgan fingerprint density at radius 2 is 1.93 bits per heavy atom. The third-order valence-corrected chi connectivity index (χ3v) is 5.26. The van der Waals surface area contributed by atoms with Crippen LogP contribution >= 0.6 is 11.3 Å². The van der Waals surface area contributed by atoms with Crippen molar-refractivity contribution in [3.05, 3.63) is 16.6 Å². The van der Waals surface area contributed by atoms with Crippen molar-refractivity contribution < 1.29 is 19.5 Å². The van der Waals surface area contributed by atoms with Gasteiger partial charge in [0.2, 0.25) is 5.91 Å². The fourth-order valence-electron chi connectivity index (χ4n) is 2.79. The van der Waals surface area contributed by atoms with Gasteiger partial charge in [0.15, 0.2) is 0 Å². The van der Waals surface area contributed by atoms with Gasteiger partial charge >= 0.3 is 5.97 Å². The number of nitrogens with zero attached hydrogens (tertiary/aromatic N) is 2. The first-order valence-corrected chi connectivity index (χ1v) is 9.68. The second-order valence-corrected chi connectivity index (χ2v) is 8.29. The summed E-state index contributed by atoms with van der Waals surface area (Å²) in [6.45, 7) is 7.57. The minimum absolute atomic E-state index is 0.128. The molecular weight excluding hydrogens is 368 g/mol. The van der Waals surface area contributed by atoms with Gasteiger partial charge in [-0.3, -0.25) is 14.3 Å². The first kappa shape index (κ1) is 20.9. The van der Waals surface area contributed by atoms with Gasteiger partial charge in [-0.05, 0) is 24.3 Å². The second kappa shape index (κ2) is 8.51. The van der Waals surface area contributed by atoms with E-state index in [9.17, 15) is 19.5 Å². The van der Waals surface area contributed by atoms with Crippen molar-refractivity contribution in [3.63, 3.8) is 0 Å². The lowest BCUT2D eigenvalue weighted by Gasteiger charge is -2.16. The highest BCUT2D eigenvalue weighted by atomic mass is 32.1. The molecule has 0 saturated carbocycles. The molecule has 2 amide bonds. The van der Waals surface area contributed by atoms with Crippen molar-refractivity contribution in [2.75, 3.05) is 6.54 Å². The number of rotatable bonds is 8. The molecule has 0 aliphatic heterocycles. The highest BCUT2D eigenvalue weighted by molar-refractivity contribution is 7.20. The van der Waals surface area contributed by atoms with E-state index in [2.05, 4.69) is 15.7 Å². The molecule has 2 heterocycles. The summed E-state index contributed by atoms with van der Waals surface area (Å²) in [6, 6.07) is 0.826. The summed E-state index contributed by atoms with van der Waals surface area (Å²) in [5.74, 6) is -1.61.